The van der Waals surface area contributed by atoms with Gasteiger partial charge < -0.3 is 19.3 Å². The predicted molar refractivity (Wildman–Crippen MR) is 180 cm³/mol. The third kappa shape index (κ3) is 6.76. The Bertz CT molecular complexity index is 1570. The number of anilines is 2. The molecule has 1 N–H and O–H groups in total. The number of aliphatic hydroxyl groups excluding tert-OH is 1. The van der Waals surface area contributed by atoms with Crippen molar-refractivity contribution in [2.45, 2.75) is 58.0 Å². The number of rotatable bonds is 8. The maximum absolute atomic E-state index is 13.2. The van der Waals surface area contributed by atoms with Crippen LogP contribution in [0.4, 0.5) is 11.4 Å². The molecular formula is C33H42BrN5O3Si. The van der Waals surface area contributed by atoms with Crippen molar-refractivity contribution in [3.63, 3.8) is 0 Å². The van der Waals surface area contributed by atoms with Crippen molar-refractivity contribution < 1.29 is 9.53 Å². The molecule has 0 spiro atoms. The quantitative estimate of drug-likeness (QED) is 0.209. The number of hydrogen-bond acceptors (Lipinski definition) is 6. The first-order valence-electron chi connectivity index (χ1n) is 14.8. The van der Waals surface area contributed by atoms with Gasteiger partial charge >= 0.3 is 5.69 Å². The maximum atomic E-state index is 13.2. The zero-order chi connectivity index (χ0) is 30.9. The third-order valence-electron chi connectivity index (χ3n) is 8.90. The number of aromatic nitrogens is 3. The topological polar surface area (TPSA) is 75.8 Å². The summed E-state index contributed by atoms with van der Waals surface area (Å²) in [6.07, 6.45) is 0.660. The largest absolute Gasteiger partial charge is 0.544 e. The highest BCUT2D eigenvalue weighted by molar-refractivity contribution is 9.10. The molecule has 3 aromatic carbocycles. The van der Waals surface area contributed by atoms with Crippen molar-refractivity contribution in [3.8, 4) is 11.4 Å². The van der Waals surface area contributed by atoms with Crippen molar-refractivity contribution in [1.29, 1.82) is 0 Å². The van der Waals surface area contributed by atoms with Crippen LogP contribution < -0.4 is 19.9 Å². The molecule has 0 aliphatic carbocycles. The number of aliphatic hydroxyl groups is 1. The first-order chi connectivity index (χ1) is 20.3. The molecule has 1 aliphatic heterocycles. The average molecular weight is 665 g/mol. The van der Waals surface area contributed by atoms with Gasteiger partial charge in [0.25, 0.3) is 0 Å². The fraction of sp³-hybridized carbons (Fsp3) is 0.394. The van der Waals surface area contributed by atoms with E-state index in [9.17, 15) is 9.90 Å². The minimum Gasteiger partial charge on any atom is -0.544 e. The number of halogens is 1. The second-order valence-electron chi connectivity index (χ2n) is 12.8. The first kappa shape index (κ1) is 31.1. The lowest BCUT2D eigenvalue weighted by Crippen LogP contribution is -2.46. The zero-order valence-corrected chi connectivity index (χ0v) is 28.5. The SMILES string of the molecule is C[C@H]([C@H](O)c1ccc(Br)cc1)n1ncn(-c2ccc(N3CCN(c4ccc(O[Si](C)(C)C(C)(C)C)cc4)CC3)cc2)c1=O. The van der Waals surface area contributed by atoms with E-state index in [2.05, 4.69) is 101 Å². The molecule has 228 valence electrons. The molecule has 0 bridgehead atoms. The summed E-state index contributed by atoms with van der Waals surface area (Å²) in [7, 11) is -1.86. The Morgan fingerprint density at radius 2 is 1.33 bits per heavy atom. The van der Waals surface area contributed by atoms with Crippen molar-refractivity contribution in [1.82, 2.24) is 14.3 Å². The summed E-state index contributed by atoms with van der Waals surface area (Å²) in [6.45, 7) is 16.8. The Labute approximate surface area is 263 Å². The number of hydrogen-bond donors (Lipinski definition) is 1. The molecule has 2 heterocycles. The monoisotopic (exact) mass is 663 g/mol. The van der Waals surface area contributed by atoms with E-state index < -0.39 is 20.5 Å². The lowest BCUT2D eigenvalue weighted by Gasteiger charge is -2.38. The van der Waals surface area contributed by atoms with Crippen LogP contribution in [0.3, 0.4) is 0 Å². The van der Waals surface area contributed by atoms with E-state index >= 15 is 0 Å². The summed E-state index contributed by atoms with van der Waals surface area (Å²) in [5.74, 6) is 0.953. The van der Waals surface area contributed by atoms with E-state index in [0.29, 0.717) is 0 Å². The summed E-state index contributed by atoms with van der Waals surface area (Å²) in [5.41, 5.74) is 3.53. The molecule has 2 atom stereocenters. The highest BCUT2D eigenvalue weighted by Gasteiger charge is 2.39. The van der Waals surface area contributed by atoms with Gasteiger partial charge in [-0.25, -0.2) is 14.0 Å². The molecule has 1 fully saturated rings. The Morgan fingerprint density at radius 1 is 0.837 bits per heavy atom. The molecule has 5 rings (SSSR count). The minimum absolute atomic E-state index is 0.168. The summed E-state index contributed by atoms with van der Waals surface area (Å²) in [4.78, 5) is 18.0. The van der Waals surface area contributed by atoms with Gasteiger partial charge in [-0.05, 0) is 91.3 Å². The molecule has 1 aromatic heterocycles. The summed E-state index contributed by atoms with van der Waals surface area (Å²) >= 11 is 3.41. The molecule has 1 saturated heterocycles. The summed E-state index contributed by atoms with van der Waals surface area (Å²) in [5, 5.41) is 15.3. The fourth-order valence-corrected chi connectivity index (χ4v) is 6.36. The maximum Gasteiger partial charge on any atom is 0.350 e. The number of piperazine rings is 1. The van der Waals surface area contributed by atoms with Crippen LogP contribution in [0.25, 0.3) is 5.69 Å². The second-order valence-corrected chi connectivity index (χ2v) is 18.5. The van der Waals surface area contributed by atoms with Crippen LogP contribution >= 0.6 is 15.9 Å². The molecule has 43 heavy (non-hydrogen) atoms. The lowest BCUT2D eigenvalue weighted by molar-refractivity contribution is 0.113. The molecule has 8 nitrogen and oxygen atoms in total. The van der Waals surface area contributed by atoms with Gasteiger partial charge in [-0.15, -0.1) is 0 Å². The van der Waals surface area contributed by atoms with Crippen LogP contribution in [0, 0.1) is 0 Å². The fourth-order valence-electron chi connectivity index (χ4n) is 5.06. The second kappa shape index (κ2) is 12.3. The summed E-state index contributed by atoms with van der Waals surface area (Å²) in [6, 6.07) is 23.5. The van der Waals surface area contributed by atoms with E-state index in [0.717, 1.165) is 53.3 Å². The van der Waals surface area contributed by atoms with Crippen molar-refractivity contribution in [3.05, 3.63) is 99.6 Å². The Balaban J connectivity index is 1.19. The van der Waals surface area contributed by atoms with Crippen molar-refractivity contribution in [2.24, 2.45) is 0 Å². The number of benzene rings is 3. The molecule has 1 aliphatic rings. The third-order valence-corrected chi connectivity index (χ3v) is 13.8. The predicted octanol–water partition coefficient (Wildman–Crippen LogP) is 6.80. The molecular weight excluding hydrogens is 622 g/mol. The van der Waals surface area contributed by atoms with Gasteiger partial charge in [-0.2, -0.15) is 5.10 Å². The normalized spacial score (nSPS) is 15.8. The Kier molecular flexibility index (Phi) is 8.92. The molecule has 0 saturated carbocycles. The average Bonchev–Trinajstić information content (AvgIpc) is 3.37. The van der Waals surface area contributed by atoms with Crippen molar-refractivity contribution in [2.75, 3.05) is 36.0 Å². The first-order valence-corrected chi connectivity index (χ1v) is 18.5. The van der Waals surface area contributed by atoms with Crippen LogP contribution in [-0.2, 0) is 0 Å². The van der Waals surface area contributed by atoms with E-state index in [-0.39, 0.29) is 10.7 Å². The van der Waals surface area contributed by atoms with E-state index in [1.807, 2.05) is 36.4 Å². The van der Waals surface area contributed by atoms with Gasteiger partial charge in [0.2, 0.25) is 8.32 Å². The van der Waals surface area contributed by atoms with Gasteiger partial charge in [-0.3, -0.25) is 0 Å². The van der Waals surface area contributed by atoms with Gasteiger partial charge in [0.15, 0.2) is 0 Å². The minimum atomic E-state index is -1.86. The van der Waals surface area contributed by atoms with Crippen LogP contribution in [0.15, 0.2) is 88.4 Å². The highest BCUT2D eigenvalue weighted by Crippen LogP contribution is 2.37. The molecule has 0 amide bonds. The van der Waals surface area contributed by atoms with Gasteiger partial charge in [0, 0.05) is 42.0 Å². The molecule has 0 unspecified atom stereocenters. The lowest BCUT2D eigenvalue weighted by atomic mass is 10.0. The Hall–Kier alpha value is -3.34. The summed E-state index contributed by atoms with van der Waals surface area (Å²) < 4.78 is 10.2. The standard InChI is InChI=1S/C33H42BrN5O3Si/c1-24(31(40)25-7-9-26(34)10-8-25)39-32(41)38(23-35-39)29-13-11-27(12-14-29)36-19-21-37(22-20-36)28-15-17-30(18-16-28)42-43(5,6)33(2,3)4/h7-18,23-24,31,40H,19-22H2,1-6H3/t24-,31+/m1/s1. The van der Waals surface area contributed by atoms with Crippen LogP contribution in [0.5, 0.6) is 5.75 Å². The van der Waals surface area contributed by atoms with E-state index in [1.165, 1.54) is 21.3 Å². The van der Waals surface area contributed by atoms with Crippen LogP contribution in [-0.4, -0.2) is 54.0 Å². The van der Waals surface area contributed by atoms with E-state index in [1.54, 1.807) is 6.92 Å². The van der Waals surface area contributed by atoms with Crippen LogP contribution in [0.1, 0.15) is 45.4 Å². The van der Waals surface area contributed by atoms with Gasteiger partial charge in [-0.1, -0.05) is 48.8 Å². The smallest absolute Gasteiger partial charge is 0.350 e. The molecule has 10 heteroatoms. The van der Waals surface area contributed by atoms with Crippen LogP contribution in [0.2, 0.25) is 18.1 Å². The molecule has 0 radical (unpaired) electrons. The van der Waals surface area contributed by atoms with E-state index in [4.69, 9.17) is 4.43 Å². The van der Waals surface area contributed by atoms with Crippen molar-refractivity contribution >= 4 is 35.6 Å². The van der Waals surface area contributed by atoms with Gasteiger partial charge in [0.05, 0.1) is 11.7 Å². The molecule has 4 aromatic rings. The zero-order valence-electron chi connectivity index (χ0n) is 25.9. The number of nitrogens with zero attached hydrogens (tertiary/aromatic N) is 5. The Morgan fingerprint density at radius 3 is 1.84 bits per heavy atom. The highest BCUT2D eigenvalue weighted by atomic mass is 79.9. The van der Waals surface area contributed by atoms with Gasteiger partial charge in [0.1, 0.15) is 18.2 Å².